The SMILES string of the molecule is c1ccc(-n2c3ccc(-c4cnc5ccccc5c4)cc3c3cc4c(cc32)-c2cccc3cccc-4c23)cc1. The number of rotatable bonds is 2. The molecule has 8 aromatic rings. The van der Waals surface area contributed by atoms with Gasteiger partial charge in [-0.15, -0.1) is 0 Å². The topological polar surface area (TPSA) is 17.8 Å². The molecule has 1 aliphatic rings. The third-order valence-corrected chi connectivity index (χ3v) is 8.33. The monoisotopic (exact) mass is 494 g/mol. The molecular weight excluding hydrogens is 472 g/mol. The van der Waals surface area contributed by atoms with Crippen LogP contribution >= 0.6 is 0 Å². The van der Waals surface area contributed by atoms with Crippen LogP contribution in [0.3, 0.4) is 0 Å². The highest BCUT2D eigenvalue weighted by Crippen LogP contribution is 2.50. The van der Waals surface area contributed by atoms with Crippen molar-refractivity contribution in [1.29, 1.82) is 0 Å². The molecule has 0 aliphatic heterocycles. The number of aromatic nitrogens is 2. The Bertz CT molecular complexity index is 2270. The molecule has 9 rings (SSSR count). The van der Waals surface area contributed by atoms with E-state index in [-0.39, 0.29) is 0 Å². The van der Waals surface area contributed by atoms with Crippen molar-refractivity contribution in [2.75, 3.05) is 0 Å². The van der Waals surface area contributed by atoms with Crippen molar-refractivity contribution >= 4 is 43.5 Å². The van der Waals surface area contributed by atoms with Gasteiger partial charge in [0.25, 0.3) is 0 Å². The van der Waals surface area contributed by atoms with Crippen molar-refractivity contribution in [1.82, 2.24) is 9.55 Å². The van der Waals surface area contributed by atoms with Gasteiger partial charge in [0, 0.05) is 33.6 Å². The van der Waals surface area contributed by atoms with Crippen LogP contribution in [0.5, 0.6) is 0 Å². The maximum Gasteiger partial charge on any atom is 0.0702 e. The largest absolute Gasteiger partial charge is 0.309 e. The average molecular weight is 495 g/mol. The minimum Gasteiger partial charge on any atom is -0.309 e. The molecule has 0 fully saturated rings. The van der Waals surface area contributed by atoms with Crippen molar-refractivity contribution in [2.45, 2.75) is 0 Å². The Balaban J connectivity index is 1.37. The van der Waals surface area contributed by atoms with E-state index >= 15 is 0 Å². The summed E-state index contributed by atoms with van der Waals surface area (Å²) in [5.74, 6) is 0. The third-order valence-electron chi connectivity index (χ3n) is 8.33. The van der Waals surface area contributed by atoms with E-state index in [0.29, 0.717) is 0 Å². The average Bonchev–Trinajstić information content (AvgIpc) is 3.49. The lowest BCUT2D eigenvalue weighted by Gasteiger charge is -2.09. The number of benzene rings is 6. The van der Waals surface area contributed by atoms with Gasteiger partial charge in [0.1, 0.15) is 0 Å². The first-order valence-electron chi connectivity index (χ1n) is 13.4. The minimum absolute atomic E-state index is 1.02. The first kappa shape index (κ1) is 20.8. The Morgan fingerprint density at radius 1 is 0.462 bits per heavy atom. The van der Waals surface area contributed by atoms with Crippen LogP contribution in [0.1, 0.15) is 0 Å². The molecule has 2 aromatic heterocycles. The molecule has 0 amide bonds. The molecule has 1 aliphatic carbocycles. The molecule has 0 unspecified atom stereocenters. The van der Waals surface area contributed by atoms with Crippen LogP contribution in [0, 0.1) is 0 Å². The zero-order valence-electron chi connectivity index (χ0n) is 21.1. The summed E-state index contributed by atoms with van der Waals surface area (Å²) in [6.45, 7) is 0. The Kier molecular flexibility index (Phi) is 4.08. The van der Waals surface area contributed by atoms with Crippen molar-refractivity contribution in [2.24, 2.45) is 0 Å². The molecule has 0 saturated heterocycles. The summed E-state index contributed by atoms with van der Waals surface area (Å²) >= 11 is 0. The second-order valence-electron chi connectivity index (χ2n) is 10.4. The number of fused-ring (bicyclic) bond motifs is 7. The summed E-state index contributed by atoms with van der Waals surface area (Å²) < 4.78 is 2.41. The van der Waals surface area contributed by atoms with E-state index in [1.165, 1.54) is 66.1 Å². The number of hydrogen-bond acceptors (Lipinski definition) is 1. The van der Waals surface area contributed by atoms with Crippen LogP contribution in [0.2, 0.25) is 0 Å². The van der Waals surface area contributed by atoms with Gasteiger partial charge in [-0.25, -0.2) is 0 Å². The van der Waals surface area contributed by atoms with Crippen LogP contribution in [-0.2, 0) is 0 Å². The van der Waals surface area contributed by atoms with Crippen molar-refractivity contribution in [3.05, 3.63) is 134 Å². The molecule has 0 saturated carbocycles. The smallest absolute Gasteiger partial charge is 0.0702 e. The van der Waals surface area contributed by atoms with E-state index in [2.05, 4.69) is 126 Å². The normalized spacial score (nSPS) is 12.1. The fourth-order valence-electron chi connectivity index (χ4n) is 6.56. The Morgan fingerprint density at radius 2 is 1.18 bits per heavy atom. The maximum absolute atomic E-state index is 4.74. The van der Waals surface area contributed by atoms with E-state index in [9.17, 15) is 0 Å². The van der Waals surface area contributed by atoms with Crippen molar-refractivity contribution < 1.29 is 0 Å². The fourth-order valence-corrected chi connectivity index (χ4v) is 6.56. The Labute approximate surface area is 225 Å². The lowest BCUT2D eigenvalue weighted by Crippen LogP contribution is -1.93. The molecule has 2 nitrogen and oxygen atoms in total. The predicted octanol–water partition coefficient (Wildman–Crippen LogP) is 9.80. The molecular formula is C37H22N2. The fraction of sp³-hybridized carbons (Fsp3) is 0. The number of nitrogens with zero attached hydrogens (tertiary/aromatic N) is 2. The third kappa shape index (κ3) is 2.89. The van der Waals surface area contributed by atoms with Crippen molar-refractivity contribution in [3.8, 4) is 39.1 Å². The quantitative estimate of drug-likeness (QED) is 0.234. The summed E-state index contributed by atoms with van der Waals surface area (Å²) in [4.78, 5) is 4.74. The maximum atomic E-state index is 4.74. The predicted molar refractivity (Wildman–Crippen MR) is 163 cm³/mol. The zero-order valence-corrected chi connectivity index (χ0v) is 21.1. The first-order valence-corrected chi connectivity index (χ1v) is 13.4. The van der Waals surface area contributed by atoms with E-state index in [1.54, 1.807) is 0 Å². The van der Waals surface area contributed by atoms with E-state index in [1.807, 2.05) is 12.3 Å². The van der Waals surface area contributed by atoms with Gasteiger partial charge in [0.05, 0.1) is 16.6 Å². The van der Waals surface area contributed by atoms with Gasteiger partial charge in [0.2, 0.25) is 0 Å². The lowest BCUT2D eigenvalue weighted by atomic mass is 9.99. The highest BCUT2D eigenvalue weighted by Gasteiger charge is 2.24. The number of para-hydroxylation sites is 2. The van der Waals surface area contributed by atoms with E-state index in [0.717, 1.165) is 16.5 Å². The summed E-state index contributed by atoms with van der Waals surface area (Å²) in [5.41, 5.74) is 12.2. The summed E-state index contributed by atoms with van der Waals surface area (Å²) in [5, 5.41) is 6.35. The first-order chi connectivity index (χ1) is 19.3. The molecule has 0 radical (unpaired) electrons. The van der Waals surface area contributed by atoms with E-state index < -0.39 is 0 Å². The molecule has 2 heterocycles. The van der Waals surface area contributed by atoms with Gasteiger partial charge in [-0.05, 0) is 87.1 Å². The van der Waals surface area contributed by atoms with Crippen LogP contribution in [0.4, 0.5) is 0 Å². The highest BCUT2D eigenvalue weighted by molar-refractivity contribution is 6.20. The van der Waals surface area contributed by atoms with Crippen LogP contribution in [-0.4, -0.2) is 9.55 Å². The molecule has 6 aromatic carbocycles. The standard InChI is InChI=1S/C37H22N2/c1-2-11-27(12-3-1)39-35-17-16-24(26-18-25-8-4-5-15-34(25)38-22-26)19-32(35)33-20-30-28-13-6-9-23-10-7-14-29(37(23)28)31(30)21-36(33)39/h1-22H. The van der Waals surface area contributed by atoms with Gasteiger partial charge in [-0.1, -0.05) is 78.9 Å². The van der Waals surface area contributed by atoms with E-state index in [4.69, 9.17) is 4.98 Å². The molecule has 39 heavy (non-hydrogen) atoms. The summed E-state index contributed by atoms with van der Waals surface area (Å²) in [7, 11) is 0. The van der Waals surface area contributed by atoms with Gasteiger partial charge in [-0.3, -0.25) is 4.98 Å². The van der Waals surface area contributed by atoms with Gasteiger partial charge in [-0.2, -0.15) is 0 Å². The minimum atomic E-state index is 1.02. The molecule has 2 heteroatoms. The summed E-state index contributed by atoms with van der Waals surface area (Å²) in [6.07, 6.45) is 1.99. The van der Waals surface area contributed by atoms with Gasteiger partial charge < -0.3 is 4.57 Å². The second kappa shape index (κ2) is 7.66. The molecule has 0 atom stereocenters. The second-order valence-corrected chi connectivity index (χ2v) is 10.4. The van der Waals surface area contributed by atoms with Crippen LogP contribution in [0.25, 0.3) is 82.5 Å². The molecule has 0 bridgehead atoms. The Morgan fingerprint density at radius 3 is 2.03 bits per heavy atom. The molecule has 0 spiro atoms. The van der Waals surface area contributed by atoms with Gasteiger partial charge in [0.15, 0.2) is 0 Å². The van der Waals surface area contributed by atoms with Gasteiger partial charge >= 0.3 is 0 Å². The molecule has 0 N–H and O–H groups in total. The lowest BCUT2D eigenvalue weighted by molar-refractivity contribution is 1.18. The van der Waals surface area contributed by atoms with Crippen LogP contribution in [0.15, 0.2) is 134 Å². The zero-order chi connectivity index (χ0) is 25.5. The molecule has 180 valence electrons. The summed E-state index contributed by atoms with van der Waals surface area (Å²) in [6, 6.07) is 46.3. The van der Waals surface area contributed by atoms with Crippen molar-refractivity contribution in [3.63, 3.8) is 0 Å². The van der Waals surface area contributed by atoms with Crippen LogP contribution < -0.4 is 0 Å². The Hall–Kier alpha value is -5.21. The number of hydrogen-bond donors (Lipinski definition) is 0. The highest BCUT2D eigenvalue weighted by atomic mass is 15.0. The number of pyridine rings is 1.